The van der Waals surface area contributed by atoms with E-state index in [1.54, 1.807) is 0 Å². The third-order valence-corrected chi connectivity index (χ3v) is 1.50. The van der Waals surface area contributed by atoms with E-state index in [9.17, 15) is 14.0 Å². The highest BCUT2D eigenvalue weighted by Crippen LogP contribution is 2.25. The molecule has 0 aromatic carbocycles. The molecule has 0 heterocycles. The maximum absolute atomic E-state index is 13.4. The molecule has 0 fully saturated rings. The Kier molecular flexibility index (Phi) is 3.35. The average molecular weight is 188 g/mol. The number of aliphatic carboxylic acids is 2. The molecule has 0 bridgehead atoms. The zero-order valence-corrected chi connectivity index (χ0v) is 6.79. The molecule has 0 spiro atoms. The van der Waals surface area contributed by atoms with E-state index in [4.69, 9.17) is 10.2 Å². The van der Waals surface area contributed by atoms with Gasteiger partial charge in [0.25, 0.3) is 0 Å². The normalized spacial score (nSPS) is 14.2. The SMILES string of the molecule is C=CCC(F)(C(=C)C(=O)O)C(=O)O. The molecule has 0 amide bonds. The van der Waals surface area contributed by atoms with Crippen LogP contribution in [0.2, 0.25) is 0 Å². The number of carboxylic acid groups (broad SMARTS) is 2. The van der Waals surface area contributed by atoms with Gasteiger partial charge in [-0.05, 0) is 0 Å². The van der Waals surface area contributed by atoms with Crippen molar-refractivity contribution in [2.75, 3.05) is 0 Å². The van der Waals surface area contributed by atoms with Crippen molar-refractivity contribution in [3.63, 3.8) is 0 Å². The Balaban J connectivity index is 5.00. The lowest BCUT2D eigenvalue weighted by molar-refractivity contribution is -0.151. The quantitative estimate of drug-likeness (QED) is 0.498. The Morgan fingerprint density at radius 2 is 1.92 bits per heavy atom. The second kappa shape index (κ2) is 3.84. The number of hydrogen-bond donors (Lipinski definition) is 2. The highest BCUT2D eigenvalue weighted by atomic mass is 19.1. The summed E-state index contributed by atoms with van der Waals surface area (Å²) in [6.07, 6.45) is 0.371. The molecule has 0 rings (SSSR count). The lowest BCUT2D eigenvalue weighted by atomic mass is 9.93. The van der Waals surface area contributed by atoms with Crippen molar-refractivity contribution in [3.8, 4) is 0 Å². The van der Waals surface area contributed by atoms with Crippen LogP contribution in [0.3, 0.4) is 0 Å². The van der Waals surface area contributed by atoms with Gasteiger partial charge in [0.15, 0.2) is 0 Å². The summed E-state index contributed by atoms with van der Waals surface area (Å²) in [5, 5.41) is 16.8. The second-order valence-corrected chi connectivity index (χ2v) is 2.38. The van der Waals surface area contributed by atoms with E-state index in [1.165, 1.54) is 0 Å². The van der Waals surface area contributed by atoms with Crippen LogP contribution in [0.1, 0.15) is 6.42 Å². The van der Waals surface area contributed by atoms with Crippen molar-refractivity contribution in [2.24, 2.45) is 0 Å². The van der Waals surface area contributed by atoms with Crippen molar-refractivity contribution in [2.45, 2.75) is 12.1 Å². The first-order valence-electron chi connectivity index (χ1n) is 3.32. The minimum atomic E-state index is -2.96. The van der Waals surface area contributed by atoms with Gasteiger partial charge >= 0.3 is 11.9 Å². The fraction of sp³-hybridized carbons (Fsp3) is 0.250. The predicted molar refractivity (Wildman–Crippen MR) is 43.1 cm³/mol. The number of carboxylic acids is 2. The second-order valence-electron chi connectivity index (χ2n) is 2.38. The smallest absolute Gasteiger partial charge is 0.346 e. The highest BCUT2D eigenvalue weighted by molar-refractivity contribution is 5.98. The van der Waals surface area contributed by atoms with Crippen LogP contribution in [0.5, 0.6) is 0 Å². The van der Waals surface area contributed by atoms with Crippen LogP contribution in [-0.4, -0.2) is 27.8 Å². The molecule has 0 aliphatic heterocycles. The Bertz CT molecular complexity index is 271. The summed E-state index contributed by atoms with van der Waals surface area (Å²) in [4.78, 5) is 20.7. The number of allylic oxidation sites excluding steroid dienone is 1. The molecular formula is C8H9FO4. The van der Waals surface area contributed by atoms with Gasteiger partial charge in [0.05, 0.1) is 5.57 Å². The van der Waals surface area contributed by atoms with Gasteiger partial charge in [-0.2, -0.15) is 0 Å². The average Bonchev–Trinajstić information content (AvgIpc) is 2.02. The molecule has 0 radical (unpaired) electrons. The largest absolute Gasteiger partial charge is 0.479 e. The van der Waals surface area contributed by atoms with Crippen LogP contribution in [0.4, 0.5) is 4.39 Å². The third kappa shape index (κ3) is 2.14. The topological polar surface area (TPSA) is 74.6 Å². The van der Waals surface area contributed by atoms with Crippen LogP contribution >= 0.6 is 0 Å². The number of alkyl halides is 1. The van der Waals surface area contributed by atoms with Crippen molar-refractivity contribution in [1.29, 1.82) is 0 Å². The molecule has 0 aromatic heterocycles. The molecular weight excluding hydrogens is 179 g/mol. The van der Waals surface area contributed by atoms with Crippen molar-refractivity contribution >= 4 is 11.9 Å². The summed E-state index contributed by atoms with van der Waals surface area (Å²) in [6, 6.07) is 0. The van der Waals surface area contributed by atoms with E-state index in [0.29, 0.717) is 0 Å². The van der Waals surface area contributed by atoms with Gasteiger partial charge in [-0.3, -0.25) is 0 Å². The van der Waals surface area contributed by atoms with Gasteiger partial charge in [-0.15, -0.1) is 6.58 Å². The van der Waals surface area contributed by atoms with Gasteiger partial charge in [0, 0.05) is 6.42 Å². The molecule has 0 saturated heterocycles. The van der Waals surface area contributed by atoms with E-state index in [2.05, 4.69) is 13.2 Å². The lowest BCUT2D eigenvalue weighted by Crippen LogP contribution is -2.38. The summed E-state index contributed by atoms with van der Waals surface area (Å²) in [5.41, 5.74) is -3.96. The molecule has 0 aliphatic carbocycles. The molecule has 0 aromatic rings. The van der Waals surface area contributed by atoms with E-state index >= 15 is 0 Å². The molecule has 0 aliphatic rings. The van der Waals surface area contributed by atoms with E-state index in [1.807, 2.05) is 0 Å². The zero-order valence-electron chi connectivity index (χ0n) is 6.79. The van der Waals surface area contributed by atoms with Gasteiger partial charge in [0.1, 0.15) is 0 Å². The predicted octanol–water partition coefficient (Wildman–Crippen LogP) is 0.996. The van der Waals surface area contributed by atoms with Crippen molar-refractivity contribution < 1.29 is 24.2 Å². The van der Waals surface area contributed by atoms with Crippen LogP contribution in [0.25, 0.3) is 0 Å². The summed E-state index contributed by atoms with van der Waals surface area (Å²) in [7, 11) is 0. The first-order valence-corrected chi connectivity index (χ1v) is 3.32. The van der Waals surface area contributed by atoms with Gasteiger partial charge < -0.3 is 10.2 Å². The number of hydrogen-bond acceptors (Lipinski definition) is 2. The summed E-state index contributed by atoms with van der Waals surface area (Å²) in [6.45, 7) is 6.00. The van der Waals surface area contributed by atoms with Crippen LogP contribution < -0.4 is 0 Å². The Morgan fingerprint density at radius 1 is 1.46 bits per heavy atom. The molecule has 0 saturated carbocycles. The summed E-state index contributed by atoms with van der Waals surface area (Å²) < 4.78 is 13.4. The Morgan fingerprint density at radius 3 is 2.15 bits per heavy atom. The fourth-order valence-electron chi connectivity index (χ4n) is 0.708. The van der Waals surface area contributed by atoms with Gasteiger partial charge in [-0.1, -0.05) is 12.7 Å². The highest BCUT2D eigenvalue weighted by Gasteiger charge is 2.43. The summed E-state index contributed by atoms with van der Waals surface area (Å²) >= 11 is 0. The molecule has 5 heteroatoms. The molecule has 1 unspecified atom stereocenters. The lowest BCUT2D eigenvalue weighted by Gasteiger charge is -2.18. The molecule has 1 atom stereocenters. The number of carbonyl (C=O) groups is 2. The maximum Gasteiger partial charge on any atom is 0.346 e. The third-order valence-electron chi connectivity index (χ3n) is 1.50. The standard InChI is InChI=1S/C8H9FO4/c1-3-4-8(9,7(12)13)5(2)6(10)11/h3H,1-2,4H2,(H,10,11)(H,12,13). The Hall–Kier alpha value is -1.65. The minimum Gasteiger partial charge on any atom is -0.479 e. The Labute approximate surface area is 74.0 Å². The maximum atomic E-state index is 13.4. The van der Waals surface area contributed by atoms with Gasteiger partial charge in [0.2, 0.25) is 5.67 Å². The minimum absolute atomic E-state index is 0.618. The molecule has 13 heavy (non-hydrogen) atoms. The number of halogens is 1. The van der Waals surface area contributed by atoms with E-state index in [-0.39, 0.29) is 0 Å². The summed E-state index contributed by atoms with van der Waals surface area (Å²) in [5.74, 6) is -3.55. The van der Waals surface area contributed by atoms with Crippen LogP contribution in [0.15, 0.2) is 24.8 Å². The fourth-order valence-corrected chi connectivity index (χ4v) is 0.708. The van der Waals surface area contributed by atoms with E-state index < -0.39 is 29.6 Å². The van der Waals surface area contributed by atoms with Crippen LogP contribution in [-0.2, 0) is 9.59 Å². The van der Waals surface area contributed by atoms with Crippen LogP contribution in [0, 0.1) is 0 Å². The first-order chi connectivity index (χ1) is 5.86. The monoisotopic (exact) mass is 188 g/mol. The van der Waals surface area contributed by atoms with Crippen molar-refractivity contribution in [3.05, 3.63) is 24.8 Å². The number of rotatable bonds is 5. The van der Waals surface area contributed by atoms with Crippen molar-refractivity contribution in [1.82, 2.24) is 0 Å². The molecule has 72 valence electrons. The van der Waals surface area contributed by atoms with E-state index in [0.717, 1.165) is 6.08 Å². The first kappa shape index (κ1) is 11.4. The zero-order chi connectivity index (χ0) is 10.6. The molecule has 2 N–H and O–H groups in total. The van der Waals surface area contributed by atoms with Gasteiger partial charge in [-0.25, -0.2) is 14.0 Å². The molecule has 4 nitrogen and oxygen atoms in total.